The summed E-state index contributed by atoms with van der Waals surface area (Å²) < 4.78 is 0. The Bertz CT molecular complexity index is 732. The molecule has 1 fully saturated rings. The van der Waals surface area contributed by atoms with Crippen LogP contribution in [0.15, 0.2) is 35.8 Å². The van der Waals surface area contributed by atoms with Gasteiger partial charge in [-0.1, -0.05) is 30.3 Å². The monoisotopic (exact) mass is 358 g/mol. The first-order chi connectivity index (χ1) is 12.1. The number of amides is 3. The Morgan fingerprint density at radius 3 is 2.84 bits per heavy atom. The summed E-state index contributed by atoms with van der Waals surface area (Å²) in [6.07, 6.45) is 1.56. The molecule has 132 valence electrons. The molecule has 0 bridgehead atoms. The quantitative estimate of drug-likeness (QED) is 0.862. The third kappa shape index (κ3) is 4.57. The Hall–Kier alpha value is -2.41. The van der Waals surface area contributed by atoms with Gasteiger partial charge in [0.1, 0.15) is 6.04 Å². The van der Waals surface area contributed by atoms with Crippen LogP contribution in [0.5, 0.6) is 0 Å². The van der Waals surface area contributed by atoms with Crippen LogP contribution in [0.2, 0.25) is 0 Å². The molecule has 1 saturated heterocycles. The molecule has 1 unspecified atom stereocenters. The predicted molar refractivity (Wildman–Crippen MR) is 97.1 cm³/mol. The van der Waals surface area contributed by atoms with Gasteiger partial charge in [0, 0.05) is 18.0 Å². The van der Waals surface area contributed by atoms with Crippen molar-refractivity contribution in [1.82, 2.24) is 20.5 Å². The predicted octanol–water partition coefficient (Wildman–Crippen LogP) is 2.44. The van der Waals surface area contributed by atoms with Crippen LogP contribution < -0.4 is 10.6 Å². The molecule has 3 rings (SSSR count). The van der Waals surface area contributed by atoms with Crippen molar-refractivity contribution in [2.75, 3.05) is 6.54 Å². The van der Waals surface area contributed by atoms with Gasteiger partial charge in [-0.25, -0.2) is 9.78 Å². The Morgan fingerprint density at radius 1 is 1.36 bits per heavy atom. The minimum atomic E-state index is -0.456. The third-order valence-corrected chi connectivity index (χ3v) is 5.19. The highest BCUT2D eigenvalue weighted by Gasteiger charge is 2.26. The van der Waals surface area contributed by atoms with E-state index in [-0.39, 0.29) is 11.9 Å². The van der Waals surface area contributed by atoms with Crippen molar-refractivity contribution in [3.8, 4) is 0 Å². The average Bonchev–Trinajstić information content (AvgIpc) is 3.02. The molecule has 1 aromatic carbocycles. The molecular weight excluding hydrogens is 336 g/mol. The molecule has 0 spiro atoms. The summed E-state index contributed by atoms with van der Waals surface area (Å²) >= 11 is 1.54. The largest absolute Gasteiger partial charge is 0.354 e. The van der Waals surface area contributed by atoms with Gasteiger partial charge in [0.15, 0.2) is 0 Å². The number of nitrogens with one attached hydrogen (secondary N) is 2. The molecule has 1 aromatic heterocycles. The van der Waals surface area contributed by atoms with Crippen molar-refractivity contribution >= 4 is 23.3 Å². The fourth-order valence-electron chi connectivity index (χ4n) is 2.80. The van der Waals surface area contributed by atoms with Crippen LogP contribution in [0.3, 0.4) is 0 Å². The summed E-state index contributed by atoms with van der Waals surface area (Å²) in [4.78, 5) is 31.8. The van der Waals surface area contributed by atoms with Crippen molar-refractivity contribution in [1.29, 1.82) is 0 Å². The van der Waals surface area contributed by atoms with E-state index in [0.717, 1.165) is 22.6 Å². The van der Waals surface area contributed by atoms with Crippen LogP contribution in [-0.2, 0) is 17.9 Å². The summed E-state index contributed by atoms with van der Waals surface area (Å²) in [7, 11) is 0. The second-order valence-electron chi connectivity index (χ2n) is 6.14. The molecule has 7 heteroatoms. The van der Waals surface area contributed by atoms with Gasteiger partial charge in [0.25, 0.3) is 0 Å². The second kappa shape index (κ2) is 8.11. The number of benzene rings is 1. The van der Waals surface area contributed by atoms with Gasteiger partial charge in [-0.2, -0.15) is 0 Å². The van der Waals surface area contributed by atoms with Gasteiger partial charge in [-0.05, 0) is 25.3 Å². The summed E-state index contributed by atoms with van der Waals surface area (Å²) in [6.45, 7) is 3.59. The van der Waals surface area contributed by atoms with Gasteiger partial charge >= 0.3 is 6.03 Å². The SMILES string of the molecule is Cc1ncsc1CN(Cc1ccccc1)C(=O)NC1CCCNC1=O. The van der Waals surface area contributed by atoms with E-state index in [2.05, 4.69) is 15.6 Å². The summed E-state index contributed by atoms with van der Waals surface area (Å²) in [6, 6.07) is 9.17. The lowest BCUT2D eigenvalue weighted by Crippen LogP contribution is -2.53. The normalized spacial score (nSPS) is 17.0. The van der Waals surface area contributed by atoms with E-state index in [1.165, 1.54) is 0 Å². The smallest absolute Gasteiger partial charge is 0.318 e. The number of hydrogen-bond donors (Lipinski definition) is 2. The van der Waals surface area contributed by atoms with Gasteiger partial charge < -0.3 is 15.5 Å². The number of aryl methyl sites for hydroxylation is 1. The van der Waals surface area contributed by atoms with E-state index >= 15 is 0 Å². The van der Waals surface area contributed by atoms with E-state index < -0.39 is 6.04 Å². The maximum atomic E-state index is 12.8. The first kappa shape index (κ1) is 17.4. The highest BCUT2D eigenvalue weighted by Crippen LogP contribution is 2.17. The van der Waals surface area contributed by atoms with Crippen LogP contribution in [0.1, 0.15) is 29.0 Å². The number of thiazole rings is 1. The molecule has 0 aliphatic carbocycles. The summed E-state index contributed by atoms with van der Waals surface area (Å²) in [5.74, 6) is -0.103. The van der Waals surface area contributed by atoms with Gasteiger partial charge in [-0.15, -0.1) is 11.3 Å². The van der Waals surface area contributed by atoms with Crippen LogP contribution in [0.25, 0.3) is 0 Å². The second-order valence-corrected chi connectivity index (χ2v) is 7.08. The molecule has 1 atom stereocenters. The average molecular weight is 358 g/mol. The van der Waals surface area contributed by atoms with E-state index in [9.17, 15) is 9.59 Å². The molecule has 6 nitrogen and oxygen atoms in total. The zero-order chi connectivity index (χ0) is 17.6. The maximum Gasteiger partial charge on any atom is 0.318 e. The minimum Gasteiger partial charge on any atom is -0.354 e. The molecule has 2 heterocycles. The Balaban J connectivity index is 1.73. The zero-order valence-corrected chi connectivity index (χ0v) is 15.0. The molecule has 2 aromatic rings. The van der Waals surface area contributed by atoms with E-state index in [1.54, 1.807) is 21.7 Å². The van der Waals surface area contributed by atoms with E-state index in [0.29, 0.717) is 26.1 Å². The lowest BCUT2D eigenvalue weighted by Gasteiger charge is -2.28. The van der Waals surface area contributed by atoms with Crippen molar-refractivity contribution in [2.45, 2.75) is 38.9 Å². The Morgan fingerprint density at radius 2 is 2.16 bits per heavy atom. The molecule has 1 aliphatic rings. The fourth-order valence-corrected chi connectivity index (χ4v) is 3.60. The standard InChI is InChI=1S/C18H22N4O2S/c1-13-16(25-12-20-13)11-22(10-14-6-3-2-4-7-14)18(24)21-15-8-5-9-19-17(15)23/h2-4,6-7,12,15H,5,8-11H2,1H3,(H,19,23)(H,21,24). The molecule has 1 aliphatic heterocycles. The number of hydrogen-bond acceptors (Lipinski definition) is 4. The Labute approximate surface area is 151 Å². The maximum absolute atomic E-state index is 12.8. The van der Waals surface area contributed by atoms with Crippen molar-refractivity contribution in [3.05, 3.63) is 52.0 Å². The number of nitrogens with zero attached hydrogens (tertiary/aromatic N) is 2. The first-order valence-corrected chi connectivity index (χ1v) is 9.27. The van der Waals surface area contributed by atoms with Crippen LogP contribution >= 0.6 is 11.3 Å². The van der Waals surface area contributed by atoms with Crippen LogP contribution in [-0.4, -0.2) is 34.4 Å². The number of carbonyl (C=O) groups is 2. The van der Waals surface area contributed by atoms with Gasteiger partial charge in [0.2, 0.25) is 5.91 Å². The van der Waals surface area contributed by atoms with Crippen LogP contribution in [0, 0.1) is 6.92 Å². The zero-order valence-electron chi connectivity index (χ0n) is 14.2. The lowest BCUT2D eigenvalue weighted by molar-refractivity contribution is -0.124. The van der Waals surface area contributed by atoms with Crippen molar-refractivity contribution in [2.24, 2.45) is 0 Å². The number of urea groups is 1. The van der Waals surface area contributed by atoms with Gasteiger partial charge in [0.05, 0.1) is 17.7 Å². The lowest BCUT2D eigenvalue weighted by atomic mass is 10.1. The van der Waals surface area contributed by atoms with Gasteiger partial charge in [-0.3, -0.25) is 4.79 Å². The van der Waals surface area contributed by atoms with Crippen LogP contribution in [0.4, 0.5) is 4.79 Å². The minimum absolute atomic E-state index is 0.103. The molecule has 0 saturated carbocycles. The van der Waals surface area contributed by atoms with E-state index in [1.807, 2.05) is 37.3 Å². The number of carbonyl (C=O) groups excluding carboxylic acids is 2. The van der Waals surface area contributed by atoms with Crippen molar-refractivity contribution < 1.29 is 9.59 Å². The summed E-state index contributed by atoms with van der Waals surface area (Å²) in [5, 5.41) is 5.68. The molecule has 0 radical (unpaired) electrons. The Kier molecular flexibility index (Phi) is 5.65. The molecule has 3 amide bonds. The van der Waals surface area contributed by atoms with E-state index in [4.69, 9.17) is 0 Å². The molecule has 2 N–H and O–H groups in total. The number of rotatable bonds is 5. The summed E-state index contributed by atoms with van der Waals surface area (Å²) in [5.41, 5.74) is 3.77. The number of aromatic nitrogens is 1. The number of piperidine rings is 1. The topological polar surface area (TPSA) is 74.3 Å². The molecular formula is C18H22N4O2S. The third-order valence-electron chi connectivity index (χ3n) is 4.27. The fraction of sp³-hybridized carbons (Fsp3) is 0.389. The highest BCUT2D eigenvalue weighted by atomic mass is 32.1. The first-order valence-electron chi connectivity index (χ1n) is 8.39. The molecule has 25 heavy (non-hydrogen) atoms. The van der Waals surface area contributed by atoms with Crippen molar-refractivity contribution in [3.63, 3.8) is 0 Å². The highest BCUT2D eigenvalue weighted by molar-refractivity contribution is 7.09.